The van der Waals surface area contributed by atoms with Crippen LogP contribution in [0.4, 0.5) is 11.4 Å². The molecule has 2 N–H and O–H groups in total. The van der Waals surface area contributed by atoms with Gasteiger partial charge in [-0.15, -0.1) is 11.8 Å². The lowest BCUT2D eigenvalue weighted by Gasteiger charge is -2.20. The van der Waals surface area contributed by atoms with E-state index in [-0.39, 0.29) is 28.0 Å². The van der Waals surface area contributed by atoms with Crippen LogP contribution in [0.15, 0.2) is 72.5 Å². The average Bonchev–Trinajstić information content (AvgIpc) is 3.39. The van der Waals surface area contributed by atoms with E-state index < -0.39 is 31.1 Å². The van der Waals surface area contributed by atoms with Gasteiger partial charge in [-0.1, -0.05) is 25.1 Å². The van der Waals surface area contributed by atoms with Crippen molar-refractivity contribution in [3.8, 4) is 0 Å². The largest absolute Gasteiger partial charge is 0.464 e. The second-order valence-electron chi connectivity index (χ2n) is 7.31. The highest BCUT2D eigenvalue weighted by molar-refractivity contribution is 8.16. The number of nitrogens with one attached hydrogen (secondary N) is 2. The second-order valence-corrected chi connectivity index (χ2v) is 10.6. The van der Waals surface area contributed by atoms with Gasteiger partial charge in [-0.05, 0) is 43.0 Å². The molecule has 0 amide bonds. The van der Waals surface area contributed by atoms with Crippen LogP contribution in [0, 0.1) is 6.92 Å². The number of Topliss-reactive ketones (excluding diaryl/α,β-unsaturated/α-hetero) is 1. The van der Waals surface area contributed by atoms with Crippen LogP contribution in [-0.4, -0.2) is 18.8 Å². The molecular weight excluding hydrogens is 452 g/mol. The SMILES string of the molecule is CC[C@@H](Nc1c(NC2=CSC(S(=O)(=O)c3ccccc3)C2=O)c(=O)c1=O)c1ccc(C)o1. The zero-order valence-corrected chi connectivity index (χ0v) is 18.9. The molecule has 4 rings (SSSR count). The number of thioether (sulfide) groups is 1. The molecule has 166 valence electrons. The molecule has 0 saturated carbocycles. The Balaban J connectivity index is 1.54. The normalized spacial score (nSPS) is 17.4. The number of anilines is 2. The highest BCUT2D eigenvalue weighted by Gasteiger charge is 2.40. The first-order valence-corrected chi connectivity index (χ1v) is 12.3. The summed E-state index contributed by atoms with van der Waals surface area (Å²) in [5.41, 5.74) is -1.54. The minimum absolute atomic E-state index is 0.0384. The molecule has 3 aromatic rings. The molecule has 1 aliphatic heterocycles. The number of hydrogen-bond acceptors (Lipinski definition) is 9. The van der Waals surface area contributed by atoms with Crippen LogP contribution in [0.2, 0.25) is 0 Å². The van der Waals surface area contributed by atoms with E-state index in [4.69, 9.17) is 4.42 Å². The summed E-state index contributed by atoms with van der Waals surface area (Å²) < 4.78 is 29.9. The van der Waals surface area contributed by atoms with Gasteiger partial charge in [0.2, 0.25) is 5.78 Å². The van der Waals surface area contributed by atoms with Crippen LogP contribution < -0.4 is 21.5 Å². The number of benzene rings is 1. The number of furan rings is 1. The molecule has 1 aliphatic rings. The third kappa shape index (κ3) is 3.80. The maximum atomic E-state index is 12.8. The first-order chi connectivity index (χ1) is 15.2. The maximum Gasteiger partial charge on any atom is 0.253 e. The van der Waals surface area contributed by atoms with Crippen LogP contribution in [-0.2, 0) is 14.6 Å². The fraction of sp³-hybridized carbons (Fsp3) is 0.227. The molecule has 2 aromatic carbocycles. The van der Waals surface area contributed by atoms with Crippen LogP contribution in [0.5, 0.6) is 0 Å². The monoisotopic (exact) mass is 472 g/mol. The fourth-order valence-electron chi connectivity index (χ4n) is 3.39. The molecule has 0 spiro atoms. The number of hydrogen-bond donors (Lipinski definition) is 2. The van der Waals surface area contributed by atoms with E-state index in [2.05, 4.69) is 10.6 Å². The Morgan fingerprint density at radius 3 is 2.34 bits per heavy atom. The van der Waals surface area contributed by atoms with Crippen molar-refractivity contribution in [1.29, 1.82) is 0 Å². The first-order valence-electron chi connectivity index (χ1n) is 9.86. The van der Waals surface area contributed by atoms with Crippen molar-refractivity contribution in [3.05, 3.63) is 85.5 Å². The minimum atomic E-state index is -3.91. The zero-order valence-electron chi connectivity index (χ0n) is 17.2. The van der Waals surface area contributed by atoms with Crippen molar-refractivity contribution in [3.63, 3.8) is 0 Å². The number of rotatable bonds is 8. The van der Waals surface area contributed by atoms with Crippen molar-refractivity contribution in [1.82, 2.24) is 0 Å². The third-order valence-corrected chi connectivity index (χ3v) is 8.78. The molecule has 8 nitrogen and oxygen atoms in total. The van der Waals surface area contributed by atoms with Gasteiger partial charge in [0, 0.05) is 0 Å². The third-order valence-electron chi connectivity index (χ3n) is 5.14. The van der Waals surface area contributed by atoms with E-state index in [9.17, 15) is 22.8 Å². The van der Waals surface area contributed by atoms with Crippen molar-refractivity contribution in [2.75, 3.05) is 10.6 Å². The highest BCUT2D eigenvalue weighted by Crippen LogP contribution is 2.35. The molecule has 32 heavy (non-hydrogen) atoms. The summed E-state index contributed by atoms with van der Waals surface area (Å²) in [4.78, 5) is 37.2. The molecule has 1 unspecified atom stereocenters. The van der Waals surface area contributed by atoms with Gasteiger partial charge in [0.15, 0.2) is 14.4 Å². The van der Waals surface area contributed by atoms with Gasteiger partial charge in [-0.2, -0.15) is 0 Å². The van der Waals surface area contributed by atoms with Crippen LogP contribution >= 0.6 is 11.8 Å². The topological polar surface area (TPSA) is 123 Å². The Bertz CT molecular complexity index is 1380. The number of carbonyl (C=O) groups is 1. The minimum Gasteiger partial charge on any atom is -0.464 e. The molecule has 0 fully saturated rings. The Morgan fingerprint density at radius 1 is 1.03 bits per heavy atom. The molecule has 10 heteroatoms. The van der Waals surface area contributed by atoms with Crippen LogP contribution in [0.3, 0.4) is 0 Å². The van der Waals surface area contributed by atoms with Crippen LogP contribution in [0.25, 0.3) is 0 Å². The van der Waals surface area contributed by atoms with Gasteiger partial charge in [0.25, 0.3) is 10.9 Å². The quantitative estimate of drug-likeness (QED) is 0.476. The standard InChI is InChI=1S/C22H20N2O6S2/c1-3-14(16-10-9-12(2)30-16)23-17-18(21(27)20(17)26)24-15-11-31-22(19(15)25)32(28,29)13-7-5-4-6-8-13/h4-11,14,22-24H,3H2,1-2H3/t14-,22?/m1/s1. The van der Waals surface area contributed by atoms with Gasteiger partial charge in [-0.25, -0.2) is 8.42 Å². The zero-order chi connectivity index (χ0) is 23.0. The molecule has 0 bridgehead atoms. The number of sulfone groups is 1. The molecule has 0 radical (unpaired) electrons. The van der Waals surface area contributed by atoms with Gasteiger partial charge >= 0.3 is 0 Å². The van der Waals surface area contributed by atoms with Crippen molar-refractivity contribution >= 4 is 38.8 Å². The number of carbonyl (C=O) groups excluding carboxylic acids is 1. The Kier molecular flexibility index (Phi) is 5.83. The van der Waals surface area contributed by atoms with Crippen molar-refractivity contribution in [2.24, 2.45) is 0 Å². The molecular formula is C22H20N2O6S2. The summed E-state index contributed by atoms with van der Waals surface area (Å²) in [7, 11) is -3.91. The van der Waals surface area contributed by atoms with Crippen molar-refractivity contribution in [2.45, 2.75) is 35.8 Å². The van der Waals surface area contributed by atoms with E-state index >= 15 is 0 Å². The van der Waals surface area contributed by atoms with E-state index in [0.29, 0.717) is 17.9 Å². The Morgan fingerprint density at radius 2 is 1.72 bits per heavy atom. The molecule has 2 atom stereocenters. The summed E-state index contributed by atoms with van der Waals surface area (Å²) in [6.45, 7) is 3.70. The molecule has 1 aromatic heterocycles. The highest BCUT2D eigenvalue weighted by atomic mass is 32.3. The van der Waals surface area contributed by atoms with E-state index in [1.807, 2.05) is 6.92 Å². The summed E-state index contributed by atoms with van der Waals surface area (Å²) >= 11 is 0.842. The lowest BCUT2D eigenvalue weighted by atomic mass is 10.1. The van der Waals surface area contributed by atoms with Gasteiger partial charge in [0.05, 0.1) is 16.6 Å². The smallest absolute Gasteiger partial charge is 0.253 e. The average molecular weight is 473 g/mol. The predicted octanol–water partition coefficient (Wildman–Crippen LogP) is 3.12. The maximum absolute atomic E-state index is 12.8. The Labute approximate surface area is 188 Å². The number of aryl methyl sites for hydroxylation is 1. The van der Waals surface area contributed by atoms with E-state index in [1.54, 1.807) is 37.3 Å². The summed E-state index contributed by atoms with van der Waals surface area (Å²) in [6.07, 6.45) is 0.583. The van der Waals surface area contributed by atoms with Crippen LogP contribution in [0.1, 0.15) is 30.9 Å². The Hall–Kier alpha value is -3.11. The number of allylic oxidation sites excluding steroid dienone is 1. The van der Waals surface area contributed by atoms with E-state index in [0.717, 1.165) is 11.8 Å². The molecule has 2 heterocycles. The second kappa shape index (κ2) is 8.44. The molecule has 0 saturated heterocycles. The van der Waals surface area contributed by atoms with Gasteiger partial charge in [-0.3, -0.25) is 14.4 Å². The lowest BCUT2D eigenvalue weighted by molar-refractivity contribution is -0.113. The predicted molar refractivity (Wildman–Crippen MR) is 123 cm³/mol. The first kappa shape index (κ1) is 22.1. The number of ketones is 1. The molecule has 0 aliphatic carbocycles. The van der Waals surface area contributed by atoms with E-state index in [1.165, 1.54) is 17.5 Å². The van der Waals surface area contributed by atoms with Gasteiger partial charge in [0.1, 0.15) is 22.9 Å². The van der Waals surface area contributed by atoms with Crippen molar-refractivity contribution < 1.29 is 17.6 Å². The summed E-state index contributed by atoms with van der Waals surface area (Å²) in [6, 6.07) is 10.9. The fourth-order valence-corrected chi connectivity index (χ4v) is 6.35. The summed E-state index contributed by atoms with van der Waals surface area (Å²) in [5, 5.41) is 7.05. The summed E-state index contributed by atoms with van der Waals surface area (Å²) in [5.74, 6) is 0.657. The van der Waals surface area contributed by atoms with Gasteiger partial charge < -0.3 is 15.1 Å². The lowest BCUT2D eigenvalue weighted by Crippen LogP contribution is -2.39.